The van der Waals surface area contributed by atoms with E-state index < -0.39 is 0 Å². The molecule has 0 aliphatic heterocycles. The molecule has 1 N–H and O–H groups in total. The van der Waals surface area contributed by atoms with Crippen LogP contribution in [0.2, 0.25) is 5.02 Å². The van der Waals surface area contributed by atoms with Crippen LogP contribution in [0.1, 0.15) is 24.3 Å². The molecular formula is C24H21ClN4O2S. The quantitative estimate of drug-likeness (QED) is 0.304. The average molecular weight is 465 g/mol. The highest BCUT2D eigenvalue weighted by atomic mass is 35.5. The molecule has 2 aromatic carbocycles. The Morgan fingerprint density at radius 2 is 1.88 bits per heavy atom. The maximum absolute atomic E-state index is 12.3. The lowest BCUT2D eigenvalue weighted by Gasteiger charge is -2.06. The van der Waals surface area contributed by atoms with Crippen molar-refractivity contribution >= 4 is 35.0 Å². The molecule has 0 unspecified atom stereocenters. The van der Waals surface area contributed by atoms with E-state index in [1.807, 2.05) is 48.7 Å². The second-order valence-electron chi connectivity index (χ2n) is 7.09. The monoisotopic (exact) mass is 464 g/mol. The fourth-order valence-corrected chi connectivity index (χ4v) is 3.94. The van der Waals surface area contributed by atoms with Crippen LogP contribution in [0.4, 0.5) is 5.69 Å². The topological polar surface area (TPSA) is 80.9 Å². The molecule has 2 aromatic heterocycles. The minimum absolute atomic E-state index is 0.0433. The number of rotatable bonds is 9. The average Bonchev–Trinajstić information content (AvgIpc) is 3.29. The van der Waals surface area contributed by atoms with E-state index in [-0.39, 0.29) is 5.91 Å². The lowest BCUT2D eigenvalue weighted by Crippen LogP contribution is -2.11. The van der Waals surface area contributed by atoms with Gasteiger partial charge < -0.3 is 9.84 Å². The highest BCUT2D eigenvalue weighted by Crippen LogP contribution is 2.24. The number of anilines is 1. The van der Waals surface area contributed by atoms with Gasteiger partial charge in [0.15, 0.2) is 0 Å². The van der Waals surface area contributed by atoms with Crippen LogP contribution in [0, 0.1) is 0 Å². The Kier molecular flexibility index (Phi) is 7.53. The summed E-state index contributed by atoms with van der Waals surface area (Å²) in [5, 5.41) is 7.57. The molecule has 0 spiro atoms. The normalized spacial score (nSPS) is 10.8. The molecule has 32 heavy (non-hydrogen) atoms. The lowest BCUT2D eigenvalue weighted by atomic mass is 10.2. The van der Waals surface area contributed by atoms with Crippen molar-refractivity contribution in [2.45, 2.75) is 29.9 Å². The van der Waals surface area contributed by atoms with Crippen molar-refractivity contribution in [2.75, 3.05) is 5.32 Å². The first-order valence-corrected chi connectivity index (χ1v) is 11.5. The Labute approximate surface area is 195 Å². The number of carbonyl (C=O) groups is 1. The molecule has 0 radical (unpaired) electrons. The number of pyridine rings is 1. The van der Waals surface area contributed by atoms with Gasteiger partial charge in [-0.2, -0.15) is 4.98 Å². The number of amides is 1. The predicted octanol–water partition coefficient (Wildman–Crippen LogP) is 6.04. The van der Waals surface area contributed by atoms with Crippen LogP contribution < -0.4 is 5.32 Å². The van der Waals surface area contributed by atoms with Crippen molar-refractivity contribution in [3.8, 4) is 11.4 Å². The zero-order valence-electron chi connectivity index (χ0n) is 17.2. The molecule has 0 atom stereocenters. The number of nitrogens with one attached hydrogen (secondary N) is 1. The van der Waals surface area contributed by atoms with Crippen molar-refractivity contribution < 1.29 is 9.32 Å². The molecule has 1 amide bonds. The molecule has 6 nitrogen and oxygen atoms in total. The van der Waals surface area contributed by atoms with Crippen LogP contribution in [0.25, 0.3) is 11.4 Å². The number of aromatic nitrogens is 3. The van der Waals surface area contributed by atoms with Gasteiger partial charge in [0.05, 0.1) is 0 Å². The lowest BCUT2D eigenvalue weighted by molar-refractivity contribution is -0.116. The van der Waals surface area contributed by atoms with Crippen molar-refractivity contribution in [2.24, 2.45) is 0 Å². The van der Waals surface area contributed by atoms with Gasteiger partial charge in [0.25, 0.3) is 0 Å². The summed E-state index contributed by atoms with van der Waals surface area (Å²) >= 11 is 7.63. The number of thioether (sulfide) groups is 1. The Bertz CT molecular complexity index is 1150. The van der Waals surface area contributed by atoms with Gasteiger partial charge in [0.1, 0.15) is 0 Å². The summed E-state index contributed by atoms with van der Waals surface area (Å²) in [4.78, 5) is 21.9. The maximum atomic E-state index is 12.3. The zero-order chi connectivity index (χ0) is 22.2. The molecule has 0 bridgehead atoms. The molecule has 4 rings (SSSR count). The molecule has 0 aliphatic carbocycles. The number of aryl methyl sites for hydroxylation is 1. The van der Waals surface area contributed by atoms with E-state index >= 15 is 0 Å². The van der Waals surface area contributed by atoms with Crippen LogP contribution in [0.15, 0.2) is 82.5 Å². The van der Waals surface area contributed by atoms with Gasteiger partial charge in [0, 0.05) is 52.2 Å². The van der Waals surface area contributed by atoms with Gasteiger partial charge >= 0.3 is 0 Å². The molecule has 4 aromatic rings. The first kappa shape index (κ1) is 22.0. The van der Waals surface area contributed by atoms with Crippen molar-refractivity contribution in [3.05, 3.63) is 89.5 Å². The summed E-state index contributed by atoms with van der Waals surface area (Å²) < 4.78 is 5.29. The Hall–Kier alpha value is -3.16. The molecule has 162 valence electrons. The van der Waals surface area contributed by atoms with Gasteiger partial charge in [-0.1, -0.05) is 22.8 Å². The minimum Gasteiger partial charge on any atom is -0.339 e. The van der Waals surface area contributed by atoms with Gasteiger partial charge in [-0.05, 0) is 66.6 Å². The first-order chi connectivity index (χ1) is 15.7. The van der Waals surface area contributed by atoms with E-state index in [0.29, 0.717) is 36.0 Å². The molecule has 0 saturated heterocycles. The van der Waals surface area contributed by atoms with Crippen LogP contribution >= 0.6 is 23.4 Å². The van der Waals surface area contributed by atoms with Crippen molar-refractivity contribution in [1.82, 2.24) is 15.1 Å². The number of nitrogens with zero attached hydrogens (tertiary/aromatic N) is 3. The van der Waals surface area contributed by atoms with E-state index in [9.17, 15) is 4.79 Å². The van der Waals surface area contributed by atoms with Crippen LogP contribution in [0.5, 0.6) is 0 Å². The SMILES string of the molecule is O=C(CCCc1nc(-c2ccc(Cl)cc2)no1)Nc1ccc(SCc2cccnc2)cc1. The molecule has 0 saturated carbocycles. The molecular weight excluding hydrogens is 444 g/mol. The highest BCUT2D eigenvalue weighted by Gasteiger charge is 2.10. The summed E-state index contributed by atoms with van der Waals surface area (Å²) in [5.74, 6) is 1.84. The molecule has 0 aliphatic rings. The van der Waals surface area contributed by atoms with E-state index in [1.165, 1.54) is 5.56 Å². The summed E-state index contributed by atoms with van der Waals surface area (Å²) in [5.41, 5.74) is 2.80. The summed E-state index contributed by atoms with van der Waals surface area (Å²) in [7, 11) is 0. The Morgan fingerprint density at radius 1 is 1.06 bits per heavy atom. The van der Waals surface area contributed by atoms with Crippen LogP contribution in [-0.4, -0.2) is 21.0 Å². The van der Waals surface area contributed by atoms with E-state index in [0.717, 1.165) is 21.9 Å². The minimum atomic E-state index is -0.0433. The summed E-state index contributed by atoms with van der Waals surface area (Å²) in [6.45, 7) is 0. The number of benzene rings is 2. The second-order valence-corrected chi connectivity index (χ2v) is 8.58. The summed E-state index contributed by atoms with van der Waals surface area (Å²) in [6, 6.07) is 19.1. The van der Waals surface area contributed by atoms with Crippen molar-refractivity contribution in [3.63, 3.8) is 0 Å². The van der Waals surface area contributed by atoms with Crippen LogP contribution in [0.3, 0.4) is 0 Å². The highest BCUT2D eigenvalue weighted by molar-refractivity contribution is 7.98. The van der Waals surface area contributed by atoms with Gasteiger partial charge in [-0.25, -0.2) is 0 Å². The fourth-order valence-electron chi connectivity index (χ4n) is 2.98. The zero-order valence-corrected chi connectivity index (χ0v) is 18.8. The number of hydrogen-bond donors (Lipinski definition) is 1. The summed E-state index contributed by atoms with van der Waals surface area (Å²) in [6.07, 6.45) is 5.17. The number of halogens is 1. The van der Waals surface area contributed by atoms with Crippen LogP contribution in [-0.2, 0) is 17.0 Å². The van der Waals surface area contributed by atoms with Gasteiger partial charge in [-0.15, -0.1) is 11.8 Å². The molecule has 8 heteroatoms. The maximum Gasteiger partial charge on any atom is 0.226 e. The van der Waals surface area contributed by atoms with Gasteiger partial charge in [0.2, 0.25) is 17.6 Å². The Balaban J connectivity index is 1.20. The van der Waals surface area contributed by atoms with Gasteiger partial charge in [-0.3, -0.25) is 9.78 Å². The first-order valence-electron chi connectivity index (χ1n) is 10.2. The third-order valence-corrected chi connectivity index (χ3v) is 5.97. The smallest absolute Gasteiger partial charge is 0.226 e. The van der Waals surface area contributed by atoms with E-state index in [2.05, 4.69) is 26.5 Å². The van der Waals surface area contributed by atoms with E-state index in [1.54, 1.807) is 30.1 Å². The Morgan fingerprint density at radius 3 is 2.62 bits per heavy atom. The third-order valence-electron chi connectivity index (χ3n) is 4.63. The second kappa shape index (κ2) is 10.9. The molecule has 0 fully saturated rings. The fraction of sp³-hybridized carbons (Fsp3) is 0.167. The largest absolute Gasteiger partial charge is 0.339 e. The third kappa shape index (κ3) is 6.42. The molecule has 2 heterocycles. The number of carbonyl (C=O) groups excluding carboxylic acids is 1. The standard InChI is InChI=1S/C24H21ClN4O2S/c25-19-8-6-18(7-9-19)24-28-23(31-29-24)5-1-4-22(30)27-20-10-12-21(13-11-20)32-16-17-3-2-14-26-15-17/h2-3,6-15H,1,4-5,16H2,(H,27,30). The van der Waals surface area contributed by atoms with Crippen molar-refractivity contribution in [1.29, 1.82) is 0 Å². The van der Waals surface area contributed by atoms with E-state index in [4.69, 9.17) is 16.1 Å². The predicted molar refractivity (Wildman–Crippen MR) is 127 cm³/mol. The number of hydrogen-bond acceptors (Lipinski definition) is 6.